The zero-order valence-corrected chi connectivity index (χ0v) is 13.4. The van der Waals surface area contributed by atoms with E-state index in [1.54, 1.807) is 0 Å². The smallest absolute Gasteiger partial charge is 0.248 e. The van der Waals surface area contributed by atoms with Crippen LogP contribution in [-0.4, -0.2) is 14.9 Å². The Morgan fingerprint density at radius 3 is 2.52 bits per heavy atom. The molecule has 0 atom stereocenters. The highest BCUT2D eigenvalue weighted by molar-refractivity contribution is 9.10. The Morgan fingerprint density at radius 2 is 1.81 bits per heavy atom. The third kappa shape index (κ3) is 2.85. The monoisotopic (exact) mass is 346 g/mol. The maximum atomic E-state index is 5.70. The quantitative estimate of drug-likeness (QED) is 0.783. The van der Waals surface area contributed by atoms with Crippen LogP contribution in [0.25, 0.3) is 11.5 Å². The van der Waals surface area contributed by atoms with Crippen molar-refractivity contribution in [2.45, 2.75) is 20.4 Å². The number of nitrogens with one attached hydrogen (secondary N) is 1. The van der Waals surface area contributed by atoms with Gasteiger partial charge in [0.2, 0.25) is 11.8 Å². The Balaban J connectivity index is 1.76. The van der Waals surface area contributed by atoms with Crippen LogP contribution in [0, 0.1) is 13.8 Å². The molecule has 0 amide bonds. The highest BCUT2D eigenvalue weighted by Gasteiger charge is 2.11. The number of hydrogen-bond donors (Lipinski definition) is 1. The predicted molar refractivity (Wildman–Crippen MR) is 84.4 cm³/mol. The molecule has 108 valence electrons. The second-order valence-electron chi connectivity index (χ2n) is 4.77. The molecule has 0 saturated carbocycles. The van der Waals surface area contributed by atoms with Crippen LogP contribution >= 0.6 is 15.9 Å². The molecule has 0 aliphatic carbocycles. The summed E-state index contributed by atoms with van der Waals surface area (Å²) in [6, 6.07) is 11.9. The van der Waals surface area contributed by atoms with Gasteiger partial charge < -0.3 is 9.84 Å². The summed E-state index contributed by atoms with van der Waals surface area (Å²) in [5.41, 5.74) is 6.43. The molecule has 0 aliphatic rings. The molecule has 0 aliphatic heterocycles. The number of aromatic nitrogens is 3. The molecule has 6 heteroatoms. The van der Waals surface area contributed by atoms with Crippen LogP contribution < -0.4 is 5.43 Å². The summed E-state index contributed by atoms with van der Waals surface area (Å²) in [5, 5.41) is 8.18. The molecule has 1 N–H and O–H groups in total. The lowest BCUT2D eigenvalue weighted by Gasteiger charge is -2.10. The van der Waals surface area contributed by atoms with Gasteiger partial charge in [0.15, 0.2) is 0 Å². The fourth-order valence-electron chi connectivity index (χ4n) is 2.13. The summed E-state index contributed by atoms with van der Waals surface area (Å²) in [6.45, 7) is 4.56. The van der Waals surface area contributed by atoms with Crippen LogP contribution in [0.1, 0.15) is 17.3 Å². The molecule has 5 nitrogen and oxygen atoms in total. The molecule has 0 fully saturated rings. The van der Waals surface area contributed by atoms with Gasteiger partial charge in [-0.3, -0.25) is 4.68 Å². The second kappa shape index (κ2) is 5.73. The molecular weight excluding hydrogens is 332 g/mol. The van der Waals surface area contributed by atoms with Gasteiger partial charge in [0.1, 0.15) is 6.54 Å². The molecule has 0 unspecified atom stereocenters. The van der Waals surface area contributed by atoms with Gasteiger partial charge in [0, 0.05) is 15.9 Å². The van der Waals surface area contributed by atoms with Crippen LogP contribution in [0.3, 0.4) is 0 Å². The number of aryl methyl sites for hydroxylation is 2. The third-order valence-corrected chi connectivity index (χ3v) is 3.92. The van der Waals surface area contributed by atoms with Crippen LogP contribution in [0.5, 0.6) is 0 Å². The van der Waals surface area contributed by atoms with E-state index in [2.05, 4.69) is 43.7 Å². The van der Waals surface area contributed by atoms with Crippen LogP contribution in [-0.2, 0) is 6.54 Å². The summed E-state index contributed by atoms with van der Waals surface area (Å²) in [4.78, 5) is 0. The zero-order chi connectivity index (χ0) is 14.8. The SMILES string of the molecule is Cc1ccc(C)n1NCc1nnc(-c2ccccc2Br)o1. The van der Waals surface area contributed by atoms with Gasteiger partial charge in [-0.05, 0) is 54.0 Å². The molecular formula is C15H15BrN4O. The summed E-state index contributed by atoms with van der Waals surface area (Å²) in [6.07, 6.45) is 0. The van der Waals surface area contributed by atoms with E-state index in [9.17, 15) is 0 Å². The molecule has 0 bridgehead atoms. The minimum absolute atomic E-state index is 0.480. The van der Waals surface area contributed by atoms with Gasteiger partial charge in [-0.25, -0.2) is 0 Å². The molecule has 21 heavy (non-hydrogen) atoms. The van der Waals surface area contributed by atoms with Gasteiger partial charge >= 0.3 is 0 Å². The Labute approximate surface area is 131 Å². The minimum atomic E-state index is 0.480. The van der Waals surface area contributed by atoms with Crippen LogP contribution in [0.4, 0.5) is 0 Å². The Hall–Kier alpha value is -2.08. The van der Waals surface area contributed by atoms with Crippen molar-refractivity contribution < 1.29 is 4.42 Å². The molecule has 0 saturated heterocycles. The molecule has 3 aromatic rings. The number of nitrogens with zero attached hydrogens (tertiary/aromatic N) is 3. The first-order chi connectivity index (χ1) is 10.1. The Bertz CT molecular complexity index is 743. The number of rotatable bonds is 4. The molecule has 2 heterocycles. The predicted octanol–water partition coefficient (Wildman–Crippen LogP) is 3.66. The standard InChI is InChI=1S/C15H15BrN4O/c1-10-7-8-11(2)20(10)17-9-14-18-19-15(21-14)12-5-3-4-6-13(12)16/h3-8,17H,9H2,1-2H3. The van der Waals surface area contributed by atoms with Gasteiger partial charge in [-0.2, -0.15) is 0 Å². The highest BCUT2D eigenvalue weighted by atomic mass is 79.9. The summed E-state index contributed by atoms with van der Waals surface area (Å²) < 4.78 is 8.64. The molecule has 0 radical (unpaired) electrons. The van der Waals surface area contributed by atoms with E-state index in [0.29, 0.717) is 18.3 Å². The zero-order valence-electron chi connectivity index (χ0n) is 11.8. The topological polar surface area (TPSA) is 55.9 Å². The van der Waals surface area contributed by atoms with Crippen LogP contribution in [0.15, 0.2) is 45.3 Å². The van der Waals surface area contributed by atoms with Crippen molar-refractivity contribution >= 4 is 15.9 Å². The van der Waals surface area contributed by atoms with Crippen molar-refractivity contribution in [3.63, 3.8) is 0 Å². The van der Waals surface area contributed by atoms with E-state index in [4.69, 9.17) is 4.42 Å². The van der Waals surface area contributed by atoms with E-state index in [0.717, 1.165) is 21.4 Å². The van der Waals surface area contributed by atoms with Gasteiger partial charge in [-0.1, -0.05) is 12.1 Å². The van der Waals surface area contributed by atoms with Crippen molar-refractivity contribution in [2.24, 2.45) is 0 Å². The van der Waals surface area contributed by atoms with E-state index in [1.165, 1.54) is 0 Å². The van der Waals surface area contributed by atoms with Crippen molar-refractivity contribution in [2.75, 3.05) is 5.43 Å². The first kappa shape index (κ1) is 13.9. The average Bonchev–Trinajstić information content (AvgIpc) is 3.05. The minimum Gasteiger partial charge on any atom is -0.419 e. The normalized spacial score (nSPS) is 10.8. The van der Waals surface area contributed by atoms with Crippen molar-refractivity contribution in [3.05, 3.63) is 58.1 Å². The molecule has 1 aromatic carbocycles. The Morgan fingerprint density at radius 1 is 1.10 bits per heavy atom. The third-order valence-electron chi connectivity index (χ3n) is 3.23. The lowest BCUT2D eigenvalue weighted by molar-refractivity contribution is 0.505. The lowest BCUT2D eigenvalue weighted by Crippen LogP contribution is -2.17. The van der Waals surface area contributed by atoms with Crippen LogP contribution in [0.2, 0.25) is 0 Å². The summed E-state index contributed by atoms with van der Waals surface area (Å²) in [7, 11) is 0. The van der Waals surface area contributed by atoms with Crippen molar-refractivity contribution in [3.8, 4) is 11.5 Å². The van der Waals surface area contributed by atoms with Crippen molar-refractivity contribution in [1.29, 1.82) is 0 Å². The largest absolute Gasteiger partial charge is 0.419 e. The highest BCUT2D eigenvalue weighted by Crippen LogP contribution is 2.26. The number of halogens is 1. The average molecular weight is 347 g/mol. The van der Waals surface area contributed by atoms with E-state index >= 15 is 0 Å². The van der Waals surface area contributed by atoms with E-state index in [-0.39, 0.29) is 0 Å². The van der Waals surface area contributed by atoms with Crippen molar-refractivity contribution in [1.82, 2.24) is 14.9 Å². The summed E-state index contributed by atoms with van der Waals surface area (Å²) in [5.74, 6) is 1.06. The number of hydrogen-bond acceptors (Lipinski definition) is 4. The maximum Gasteiger partial charge on any atom is 0.248 e. The molecule has 0 spiro atoms. The van der Waals surface area contributed by atoms with E-state index in [1.807, 2.05) is 42.8 Å². The molecule has 3 rings (SSSR count). The maximum absolute atomic E-state index is 5.70. The second-order valence-corrected chi connectivity index (χ2v) is 5.62. The first-order valence-electron chi connectivity index (χ1n) is 6.61. The number of benzene rings is 1. The molecule has 2 aromatic heterocycles. The van der Waals surface area contributed by atoms with Gasteiger partial charge in [0.25, 0.3) is 0 Å². The Kier molecular flexibility index (Phi) is 3.79. The summed E-state index contributed by atoms with van der Waals surface area (Å²) >= 11 is 3.48. The fraction of sp³-hybridized carbons (Fsp3) is 0.200. The first-order valence-corrected chi connectivity index (χ1v) is 7.40. The van der Waals surface area contributed by atoms with Gasteiger partial charge in [0.05, 0.1) is 5.56 Å². The fourth-order valence-corrected chi connectivity index (χ4v) is 2.59. The van der Waals surface area contributed by atoms with E-state index < -0.39 is 0 Å². The lowest BCUT2D eigenvalue weighted by atomic mass is 10.2. The van der Waals surface area contributed by atoms with Gasteiger partial charge in [-0.15, -0.1) is 10.2 Å².